The van der Waals surface area contributed by atoms with E-state index in [-0.39, 0.29) is 12.4 Å². The molecule has 0 amide bonds. The zero-order valence-corrected chi connectivity index (χ0v) is 22.0. The quantitative estimate of drug-likeness (QED) is 0.311. The molecule has 1 unspecified atom stereocenters. The summed E-state index contributed by atoms with van der Waals surface area (Å²) in [5.74, 6) is 0.0463. The van der Waals surface area contributed by atoms with Gasteiger partial charge in [0.05, 0.1) is 25.3 Å². The largest absolute Gasteiger partial charge is 0.488 e. The van der Waals surface area contributed by atoms with E-state index in [0.717, 1.165) is 56.1 Å². The Kier molecular flexibility index (Phi) is 7.32. The zero-order valence-electron chi connectivity index (χ0n) is 22.0. The topological polar surface area (TPSA) is 109 Å². The number of hydrogen-bond donors (Lipinski definition) is 2. The minimum absolute atomic E-state index is 0.126. The van der Waals surface area contributed by atoms with Crippen LogP contribution in [0.25, 0.3) is 33.6 Å². The van der Waals surface area contributed by atoms with Gasteiger partial charge in [-0.25, -0.2) is 4.39 Å². The van der Waals surface area contributed by atoms with Crippen LogP contribution in [0.4, 0.5) is 4.39 Å². The summed E-state index contributed by atoms with van der Waals surface area (Å²) in [6.07, 6.45) is -0.655. The Morgan fingerprint density at radius 3 is 2.74 bits per heavy atom. The van der Waals surface area contributed by atoms with Gasteiger partial charge in [0.1, 0.15) is 24.2 Å². The number of nitrogens with zero attached hydrogens (tertiary/aromatic N) is 4. The van der Waals surface area contributed by atoms with Crippen LogP contribution in [0.15, 0.2) is 40.9 Å². The molecule has 0 spiro atoms. The summed E-state index contributed by atoms with van der Waals surface area (Å²) >= 11 is 0. The average molecular weight is 538 g/mol. The van der Waals surface area contributed by atoms with Crippen LogP contribution in [0.2, 0.25) is 0 Å². The summed E-state index contributed by atoms with van der Waals surface area (Å²) in [6, 6.07) is 11.1. The first-order valence-electron chi connectivity index (χ1n) is 13.1. The van der Waals surface area contributed by atoms with Gasteiger partial charge in [-0.05, 0) is 30.2 Å². The molecule has 0 radical (unpaired) electrons. The molecule has 39 heavy (non-hydrogen) atoms. The molecule has 4 heterocycles. The summed E-state index contributed by atoms with van der Waals surface area (Å²) < 4.78 is 36.1. The van der Waals surface area contributed by atoms with Crippen molar-refractivity contribution in [1.82, 2.24) is 25.2 Å². The van der Waals surface area contributed by atoms with Crippen molar-refractivity contribution in [1.29, 1.82) is 0 Å². The van der Waals surface area contributed by atoms with Crippen LogP contribution in [0, 0.1) is 12.7 Å². The number of aliphatic hydroxyl groups is 1. The second kappa shape index (κ2) is 11.0. The summed E-state index contributed by atoms with van der Waals surface area (Å²) in [5.41, 5.74) is 4.40. The Bertz CT molecular complexity index is 1440. The van der Waals surface area contributed by atoms with Gasteiger partial charge < -0.3 is 23.8 Å². The molecule has 4 aromatic rings. The molecule has 2 aliphatic heterocycles. The van der Waals surface area contributed by atoms with Crippen molar-refractivity contribution < 1.29 is 28.2 Å². The minimum atomic E-state index is -0.655. The van der Waals surface area contributed by atoms with Gasteiger partial charge in [-0.15, -0.1) is 0 Å². The molecular formula is C28H32FN5O5. The van der Waals surface area contributed by atoms with E-state index < -0.39 is 12.0 Å². The normalized spacial score (nSPS) is 17.9. The van der Waals surface area contributed by atoms with Gasteiger partial charge in [0.2, 0.25) is 0 Å². The lowest BCUT2D eigenvalue weighted by Gasteiger charge is -2.48. The second-order valence-corrected chi connectivity index (χ2v) is 10.0. The predicted octanol–water partition coefficient (Wildman–Crippen LogP) is 3.36. The predicted molar refractivity (Wildman–Crippen MR) is 142 cm³/mol. The van der Waals surface area contributed by atoms with Gasteiger partial charge in [0, 0.05) is 62.4 Å². The molecule has 0 aliphatic carbocycles. The van der Waals surface area contributed by atoms with Crippen molar-refractivity contribution in [3.63, 3.8) is 0 Å². The first kappa shape index (κ1) is 25.9. The summed E-state index contributed by atoms with van der Waals surface area (Å²) in [6.45, 7) is 7.74. The van der Waals surface area contributed by atoms with Crippen molar-refractivity contribution in [2.24, 2.45) is 0 Å². The van der Waals surface area contributed by atoms with Crippen molar-refractivity contribution in [2.75, 3.05) is 59.7 Å². The molecule has 0 bridgehead atoms. The molecule has 1 atom stereocenters. The monoisotopic (exact) mass is 537 g/mol. The molecule has 11 heteroatoms. The van der Waals surface area contributed by atoms with Crippen LogP contribution in [-0.2, 0) is 9.47 Å². The minimum Gasteiger partial charge on any atom is -0.488 e. The number of ether oxygens (including phenoxy) is 3. The highest BCUT2D eigenvalue weighted by molar-refractivity contribution is 5.92. The Morgan fingerprint density at radius 2 is 1.97 bits per heavy atom. The van der Waals surface area contributed by atoms with E-state index in [9.17, 15) is 9.50 Å². The number of halogens is 1. The smallest absolute Gasteiger partial charge is 0.188 e. The molecule has 2 aromatic heterocycles. The van der Waals surface area contributed by atoms with Crippen molar-refractivity contribution in [3.05, 3.63) is 53.3 Å². The molecule has 10 nitrogen and oxygen atoms in total. The molecule has 2 N–H and O–H groups in total. The van der Waals surface area contributed by atoms with Gasteiger partial charge in [0.15, 0.2) is 17.3 Å². The highest BCUT2D eigenvalue weighted by Crippen LogP contribution is 2.34. The third-order valence-corrected chi connectivity index (χ3v) is 7.55. The second-order valence-electron chi connectivity index (χ2n) is 10.0. The van der Waals surface area contributed by atoms with Crippen molar-refractivity contribution in [2.45, 2.75) is 19.2 Å². The van der Waals surface area contributed by atoms with E-state index in [1.807, 2.05) is 25.1 Å². The SMILES string of the molecule is COCCOc1cc2[nH]nc(-c3cc(-c4ccc(C(O)N5CC(N6CCOCC6)C5)c(C)c4)no3)c2cc1F. The number of aromatic nitrogens is 3. The maximum atomic E-state index is 14.7. The van der Waals surface area contributed by atoms with E-state index in [4.69, 9.17) is 18.7 Å². The number of nitrogens with one attached hydrogen (secondary N) is 1. The van der Waals surface area contributed by atoms with Crippen LogP contribution in [-0.4, -0.2) is 96.0 Å². The number of benzene rings is 2. The van der Waals surface area contributed by atoms with E-state index in [0.29, 0.717) is 40.7 Å². The molecule has 2 saturated heterocycles. The van der Waals surface area contributed by atoms with Gasteiger partial charge in [0.25, 0.3) is 0 Å². The first-order valence-corrected chi connectivity index (χ1v) is 13.1. The van der Waals surface area contributed by atoms with Crippen LogP contribution in [0.3, 0.4) is 0 Å². The Labute approximate surface area is 225 Å². The number of methoxy groups -OCH3 is 1. The van der Waals surface area contributed by atoms with Crippen LogP contribution >= 0.6 is 0 Å². The molecule has 0 saturated carbocycles. The van der Waals surface area contributed by atoms with Gasteiger partial charge in [-0.2, -0.15) is 5.10 Å². The summed E-state index contributed by atoms with van der Waals surface area (Å²) in [5, 5.41) is 23.1. The third kappa shape index (κ3) is 5.15. The van der Waals surface area contributed by atoms with Crippen LogP contribution in [0.5, 0.6) is 5.75 Å². The number of fused-ring (bicyclic) bond motifs is 1. The molecule has 206 valence electrons. The average Bonchev–Trinajstić information content (AvgIpc) is 3.56. The maximum Gasteiger partial charge on any atom is 0.188 e. The fraction of sp³-hybridized carbons (Fsp3) is 0.429. The number of likely N-dealkylation sites (tertiary alicyclic amines) is 1. The van der Waals surface area contributed by atoms with Gasteiger partial charge >= 0.3 is 0 Å². The fourth-order valence-corrected chi connectivity index (χ4v) is 5.26. The number of hydrogen-bond acceptors (Lipinski definition) is 9. The zero-order chi connectivity index (χ0) is 26.9. The number of aliphatic hydroxyl groups excluding tert-OH is 1. The van der Waals surface area contributed by atoms with Gasteiger partial charge in [-0.3, -0.25) is 14.9 Å². The number of aromatic amines is 1. The molecule has 6 rings (SSSR count). The van der Waals surface area contributed by atoms with Crippen LogP contribution in [0.1, 0.15) is 17.4 Å². The highest BCUT2D eigenvalue weighted by atomic mass is 19.1. The van der Waals surface area contributed by atoms with Crippen LogP contribution < -0.4 is 4.74 Å². The highest BCUT2D eigenvalue weighted by Gasteiger charge is 2.36. The summed E-state index contributed by atoms with van der Waals surface area (Å²) in [4.78, 5) is 4.53. The van der Waals surface area contributed by atoms with E-state index in [1.165, 1.54) is 6.07 Å². The fourth-order valence-electron chi connectivity index (χ4n) is 5.26. The number of rotatable bonds is 9. The first-order chi connectivity index (χ1) is 19.0. The van der Waals surface area contributed by atoms with E-state index in [2.05, 4.69) is 25.2 Å². The van der Waals surface area contributed by atoms with E-state index in [1.54, 1.807) is 19.2 Å². The molecule has 2 aromatic carbocycles. The Morgan fingerprint density at radius 1 is 1.15 bits per heavy atom. The van der Waals surface area contributed by atoms with Crippen molar-refractivity contribution >= 4 is 10.9 Å². The Hall–Kier alpha value is -3.35. The third-order valence-electron chi connectivity index (χ3n) is 7.55. The van der Waals surface area contributed by atoms with Crippen molar-refractivity contribution in [3.8, 4) is 28.5 Å². The van der Waals surface area contributed by atoms with E-state index >= 15 is 0 Å². The maximum absolute atomic E-state index is 14.7. The molecular weight excluding hydrogens is 505 g/mol. The number of morpholine rings is 1. The van der Waals surface area contributed by atoms with Gasteiger partial charge in [-0.1, -0.05) is 17.3 Å². The summed E-state index contributed by atoms with van der Waals surface area (Å²) in [7, 11) is 1.56. The standard InChI is InChI=1S/C28H32FN5O5/c1-17-11-18(3-4-20(17)28(35)34-15-19(16-34)33-5-7-37-8-6-33)23-13-26(39-32-23)27-21-12-22(29)25(38-10-9-36-2)14-24(21)30-31-27/h3-4,11-14,19,28,35H,5-10,15-16H2,1-2H3,(H,30,31). The lowest BCUT2D eigenvalue weighted by atomic mass is 9.98. The Balaban J connectivity index is 1.15. The lowest BCUT2D eigenvalue weighted by Crippen LogP contribution is -2.62. The number of H-pyrrole nitrogens is 1. The molecule has 2 fully saturated rings. The lowest BCUT2D eigenvalue weighted by molar-refractivity contribution is -0.0994. The number of aryl methyl sites for hydroxylation is 1. The molecule has 2 aliphatic rings.